The van der Waals surface area contributed by atoms with Gasteiger partial charge in [0.05, 0.1) is 35.2 Å². The molecule has 1 amide bonds. The van der Waals surface area contributed by atoms with E-state index < -0.39 is 5.97 Å². The van der Waals surface area contributed by atoms with Crippen LogP contribution in [0, 0.1) is 0 Å². The number of halogens is 1. The predicted octanol–water partition coefficient (Wildman–Crippen LogP) is 5.80. The monoisotopic (exact) mass is 566 g/mol. The minimum absolute atomic E-state index is 0.0231. The quantitative estimate of drug-likeness (QED) is 0.179. The number of anilines is 1. The third-order valence-corrected chi connectivity index (χ3v) is 6.55. The third kappa shape index (κ3) is 7.30. The van der Waals surface area contributed by atoms with Crippen LogP contribution >= 0.6 is 23.4 Å². The topological polar surface area (TPSA) is 105 Å². The van der Waals surface area contributed by atoms with Gasteiger partial charge in [-0.1, -0.05) is 53.7 Å². The lowest BCUT2D eigenvalue weighted by molar-refractivity contribution is -0.113. The Balaban J connectivity index is 1.48. The molecule has 4 aromatic rings. The Morgan fingerprint density at radius 3 is 2.44 bits per heavy atom. The van der Waals surface area contributed by atoms with Crippen LogP contribution in [0.25, 0.3) is 5.69 Å². The number of methoxy groups -OCH3 is 1. The molecule has 1 N–H and O–H groups in total. The molecule has 0 radical (unpaired) electrons. The molecule has 0 spiro atoms. The highest BCUT2D eigenvalue weighted by Crippen LogP contribution is 2.29. The van der Waals surface area contributed by atoms with Gasteiger partial charge in [0.1, 0.15) is 6.61 Å². The minimum Gasteiger partial charge on any atom is -0.493 e. The summed E-state index contributed by atoms with van der Waals surface area (Å²) in [4.78, 5) is 25.1. The lowest BCUT2D eigenvalue weighted by atomic mass is 10.2. The maximum atomic E-state index is 12.8. The fourth-order valence-corrected chi connectivity index (χ4v) is 4.49. The summed E-state index contributed by atoms with van der Waals surface area (Å²) in [5.74, 6) is 0.933. The van der Waals surface area contributed by atoms with E-state index in [1.807, 2.05) is 59.2 Å². The van der Waals surface area contributed by atoms with E-state index in [9.17, 15) is 9.59 Å². The van der Waals surface area contributed by atoms with Gasteiger partial charge < -0.3 is 19.5 Å². The van der Waals surface area contributed by atoms with Crippen molar-refractivity contribution in [2.24, 2.45) is 0 Å². The molecule has 39 heavy (non-hydrogen) atoms. The molecule has 0 aliphatic carbocycles. The van der Waals surface area contributed by atoms with Gasteiger partial charge in [-0.05, 0) is 56.3 Å². The van der Waals surface area contributed by atoms with Crippen molar-refractivity contribution in [2.45, 2.75) is 31.7 Å². The average Bonchev–Trinajstić information content (AvgIpc) is 3.35. The van der Waals surface area contributed by atoms with Gasteiger partial charge in [-0.25, -0.2) is 4.79 Å². The third-order valence-electron chi connectivity index (χ3n) is 5.29. The van der Waals surface area contributed by atoms with E-state index in [1.54, 1.807) is 33.1 Å². The van der Waals surface area contributed by atoms with Gasteiger partial charge in [-0.2, -0.15) is 0 Å². The first-order chi connectivity index (χ1) is 18.9. The average molecular weight is 567 g/mol. The zero-order valence-corrected chi connectivity index (χ0v) is 23.2. The van der Waals surface area contributed by atoms with Crippen LogP contribution in [0.5, 0.6) is 11.5 Å². The van der Waals surface area contributed by atoms with Gasteiger partial charge in [0, 0.05) is 5.69 Å². The summed E-state index contributed by atoms with van der Waals surface area (Å²) >= 11 is 7.47. The van der Waals surface area contributed by atoms with Crippen LogP contribution in [0.2, 0.25) is 5.02 Å². The second-order valence-electron chi connectivity index (χ2n) is 8.49. The number of nitrogens with one attached hydrogen (secondary N) is 1. The Morgan fingerprint density at radius 1 is 1.00 bits per heavy atom. The molecule has 1 heterocycles. The normalized spacial score (nSPS) is 10.8. The van der Waals surface area contributed by atoms with Crippen molar-refractivity contribution in [1.82, 2.24) is 14.8 Å². The van der Waals surface area contributed by atoms with E-state index in [4.69, 9.17) is 25.8 Å². The summed E-state index contributed by atoms with van der Waals surface area (Å²) in [5, 5.41) is 12.2. The summed E-state index contributed by atoms with van der Waals surface area (Å²) in [6, 6.07) is 21.5. The van der Waals surface area contributed by atoms with E-state index >= 15 is 0 Å². The van der Waals surface area contributed by atoms with Crippen molar-refractivity contribution in [3.05, 3.63) is 89.2 Å². The van der Waals surface area contributed by atoms with Gasteiger partial charge in [-0.3, -0.25) is 9.36 Å². The molecule has 0 unspecified atom stereocenters. The molecule has 0 aliphatic heterocycles. The Bertz CT molecular complexity index is 1450. The summed E-state index contributed by atoms with van der Waals surface area (Å²) in [6.07, 6.45) is -0.269. The fraction of sp³-hybridized carbons (Fsp3) is 0.214. The predicted molar refractivity (Wildman–Crippen MR) is 150 cm³/mol. The van der Waals surface area contributed by atoms with Crippen molar-refractivity contribution in [3.8, 4) is 17.2 Å². The highest BCUT2D eigenvalue weighted by atomic mass is 35.5. The first-order valence-electron chi connectivity index (χ1n) is 12.0. The molecule has 0 saturated carbocycles. The number of aromatic nitrogens is 3. The first kappa shape index (κ1) is 28.0. The summed E-state index contributed by atoms with van der Waals surface area (Å²) in [7, 11) is 1.58. The highest BCUT2D eigenvalue weighted by molar-refractivity contribution is 7.99. The molecular weight excluding hydrogens is 540 g/mol. The number of amides is 1. The van der Waals surface area contributed by atoms with Crippen molar-refractivity contribution in [1.29, 1.82) is 0 Å². The Kier molecular flexibility index (Phi) is 9.45. The SMILES string of the molecule is COc1ccccc1OCc1nnc(SCC(=O)Nc2cc(C(=O)OC(C)C)ccc2Cl)n1-c1ccccc1. The van der Waals surface area contributed by atoms with Crippen molar-refractivity contribution < 1.29 is 23.8 Å². The molecule has 0 atom stereocenters. The molecule has 0 bridgehead atoms. The van der Waals surface area contributed by atoms with Crippen LogP contribution in [0.4, 0.5) is 5.69 Å². The van der Waals surface area contributed by atoms with E-state index in [2.05, 4.69) is 15.5 Å². The molecule has 202 valence electrons. The number of thioether (sulfide) groups is 1. The lowest BCUT2D eigenvalue weighted by Gasteiger charge is -2.13. The number of hydrogen-bond donors (Lipinski definition) is 1. The number of carbonyl (C=O) groups excluding carboxylic acids is 2. The van der Waals surface area contributed by atoms with Crippen molar-refractivity contribution in [3.63, 3.8) is 0 Å². The second-order valence-corrected chi connectivity index (χ2v) is 9.84. The zero-order chi connectivity index (χ0) is 27.8. The van der Waals surface area contributed by atoms with Gasteiger partial charge >= 0.3 is 5.97 Å². The van der Waals surface area contributed by atoms with Crippen LogP contribution < -0.4 is 14.8 Å². The number of para-hydroxylation sites is 3. The summed E-state index contributed by atoms with van der Waals surface area (Å²) in [6.45, 7) is 3.65. The number of ether oxygens (including phenoxy) is 3. The number of benzene rings is 3. The summed E-state index contributed by atoms with van der Waals surface area (Å²) < 4.78 is 18.4. The highest BCUT2D eigenvalue weighted by Gasteiger charge is 2.18. The van der Waals surface area contributed by atoms with E-state index in [1.165, 1.54) is 17.8 Å². The van der Waals surface area contributed by atoms with Crippen LogP contribution in [0.3, 0.4) is 0 Å². The number of nitrogens with zero attached hydrogens (tertiary/aromatic N) is 3. The molecule has 0 aliphatic rings. The fourth-order valence-electron chi connectivity index (χ4n) is 3.55. The molecule has 4 rings (SSSR count). The van der Waals surface area contributed by atoms with Gasteiger partial charge in [0.25, 0.3) is 0 Å². The molecular formula is C28H27ClN4O5S. The number of rotatable bonds is 11. The lowest BCUT2D eigenvalue weighted by Crippen LogP contribution is -2.16. The van der Waals surface area contributed by atoms with Gasteiger partial charge in [-0.15, -0.1) is 10.2 Å². The van der Waals surface area contributed by atoms with Crippen LogP contribution in [0.1, 0.15) is 30.0 Å². The number of esters is 1. The Morgan fingerprint density at radius 2 is 1.72 bits per heavy atom. The standard InChI is InChI=1S/C28H27ClN4O5S/c1-18(2)38-27(35)19-13-14-21(29)22(15-19)30-26(34)17-39-28-32-31-25(33(28)20-9-5-4-6-10-20)16-37-24-12-8-7-11-23(24)36-3/h4-15,18H,16-17H2,1-3H3,(H,30,34). The smallest absolute Gasteiger partial charge is 0.338 e. The maximum absolute atomic E-state index is 12.8. The number of hydrogen-bond acceptors (Lipinski definition) is 8. The molecule has 0 fully saturated rings. The van der Waals surface area contributed by atoms with Crippen molar-refractivity contribution >= 4 is 40.9 Å². The molecule has 11 heteroatoms. The van der Waals surface area contributed by atoms with E-state index in [-0.39, 0.29) is 24.4 Å². The van der Waals surface area contributed by atoms with Crippen molar-refractivity contribution in [2.75, 3.05) is 18.2 Å². The van der Waals surface area contributed by atoms with Gasteiger partial charge in [0.2, 0.25) is 5.91 Å². The maximum Gasteiger partial charge on any atom is 0.338 e. The van der Waals surface area contributed by atoms with Crippen LogP contribution in [-0.4, -0.2) is 45.6 Å². The summed E-state index contributed by atoms with van der Waals surface area (Å²) in [5.41, 5.74) is 1.43. The zero-order valence-electron chi connectivity index (χ0n) is 21.6. The van der Waals surface area contributed by atoms with Crippen LogP contribution in [0.15, 0.2) is 78.0 Å². The van der Waals surface area contributed by atoms with Crippen LogP contribution in [-0.2, 0) is 16.1 Å². The molecule has 1 aromatic heterocycles. The Labute approximate surface area is 235 Å². The van der Waals surface area contributed by atoms with E-state index in [0.717, 1.165) is 5.69 Å². The minimum atomic E-state index is -0.495. The molecule has 9 nitrogen and oxygen atoms in total. The number of carbonyl (C=O) groups is 2. The molecule has 0 saturated heterocycles. The largest absolute Gasteiger partial charge is 0.493 e. The molecule has 3 aromatic carbocycles. The first-order valence-corrected chi connectivity index (χ1v) is 13.4. The van der Waals surface area contributed by atoms with Gasteiger partial charge in [0.15, 0.2) is 22.5 Å². The Hall–Kier alpha value is -4.02. The van der Waals surface area contributed by atoms with E-state index in [0.29, 0.717) is 38.8 Å². The second kappa shape index (κ2) is 13.2.